The lowest BCUT2D eigenvalue weighted by molar-refractivity contribution is 0.106. The predicted molar refractivity (Wildman–Crippen MR) is 98.7 cm³/mol. The Hall–Kier alpha value is -2.50. The molecule has 132 valence electrons. The number of H-pyrrole nitrogens is 1. The van der Waals surface area contributed by atoms with Gasteiger partial charge in [0.15, 0.2) is 0 Å². The first kappa shape index (κ1) is 16.0. The molecule has 2 aliphatic rings. The summed E-state index contributed by atoms with van der Waals surface area (Å²) in [4.78, 5) is 11.7. The number of nitrogens with two attached hydrogens (primary N) is 1. The largest absolute Gasteiger partial charge is 0.457 e. The van der Waals surface area contributed by atoms with Crippen molar-refractivity contribution < 1.29 is 4.74 Å². The van der Waals surface area contributed by atoms with Crippen molar-refractivity contribution in [2.45, 2.75) is 51.2 Å². The molecule has 25 heavy (non-hydrogen) atoms. The summed E-state index contributed by atoms with van der Waals surface area (Å²) >= 11 is 0. The van der Waals surface area contributed by atoms with E-state index >= 15 is 0 Å². The van der Waals surface area contributed by atoms with Crippen LogP contribution in [-0.4, -0.2) is 16.0 Å². The average Bonchev–Trinajstić information content (AvgIpc) is 3.00. The second-order valence-corrected chi connectivity index (χ2v) is 6.90. The fourth-order valence-electron chi connectivity index (χ4n) is 3.88. The second-order valence-electron chi connectivity index (χ2n) is 6.90. The van der Waals surface area contributed by atoms with Crippen LogP contribution in [0.4, 0.5) is 11.4 Å². The summed E-state index contributed by atoms with van der Waals surface area (Å²) in [7, 11) is 0. The van der Waals surface area contributed by atoms with E-state index in [2.05, 4.69) is 26.3 Å². The molecule has 0 saturated heterocycles. The van der Waals surface area contributed by atoms with Crippen LogP contribution in [0.1, 0.15) is 56.0 Å². The Morgan fingerprint density at radius 2 is 2.04 bits per heavy atom. The lowest BCUT2D eigenvalue weighted by atomic mass is 9.88. The van der Waals surface area contributed by atoms with Crippen molar-refractivity contribution in [3.8, 4) is 0 Å². The zero-order chi connectivity index (χ0) is 17.1. The highest BCUT2D eigenvalue weighted by Gasteiger charge is 2.31. The number of fused-ring (bicyclic) bond motifs is 1. The minimum Gasteiger partial charge on any atom is -0.457 e. The van der Waals surface area contributed by atoms with Crippen molar-refractivity contribution in [3.05, 3.63) is 42.0 Å². The molecule has 1 aliphatic heterocycles. The Labute approximate surface area is 147 Å². The standard InChI is InChI=1S/C19H25N5O/c20-19-24-16-8-7-14(23-12-17-21-9-10-22-17)11-15(16)18(25-19)13-5-3-1-2-4-6-13/h7-11,13,18,23H,1-6,12H2,(H2,20,24)(H,21,22). The van der Waals surface area contributed by atoms with Crippen LogP contribution in [0.2, 0.25) is 0 Å². The van der Waals surface area contributed by atoms with E-state index in [9.17, 15) is 0 Å². The molecule has 0 spiro atoms. The molecule has 0 bridgehead atoms. The van der Waals surface area contributed by atoms with Gasteiger partial charge >= 0.3 is 0 Å². The first-order chi connectivity index (χ1) is 12.3. The summed E-state index contributed by atoms with van der Waals surface area (Å²) in [6.45, 7) is 0.659. The number of nitrogens with one attached hydrogen (secondary N) is 2. The highest BCUT2D eigenvalue weighted by atomic mass is 16.5. The number of anilines is 1. The molecule has 0 amide bonds. The van der Waals surface area contributed by atoms with E-state index in [0.29, 0.717) is 12.5 Å². The SMILES string of the molecule is NC1=Nc2ccc(NCc3ncc[nH]3)cc2C(C2CCCCCC2)O1. The third-order valence-electron chi connectivity index (χ3n) is 5.16. The summed E-state index contributed by atoms with van der Waals surface area (Å²) in [5, 5.41) is 3.42. The summed E-state index contributed by atoms with van der Waals surface area (Å²) in [6, 6.07) is 6.51. The third kappa shape index (κ3) is 3.62. The quantitative estimate of drug-likeness (QED) is 0.734. The minimum absolute atomic E-state index is 0.0102. The highest BCUT2D eigenvalue weighted by Crippen LogP contribution is 2.42. The number of aliphatic imine (C=N–C) groups is 1. The lowest BCUT2D eigenvalue weighted by Gasteiger charge is -2.31. The number of aromatic nitrogens is 2. The van der Waals surface area contributed by atoms with E-state index in [4.69, 9.17) is 10.5 Å². The third-order valence-corrected chi connectivity index (χ3v) is 5.16. The smallest absolute Gasteiger partial charge is 0.287 e. The van der Waals surface area contributed by atoms with Gasteiger partial charge in [0.1, 0.15) is 11.9 Å². The van der Waals surface area contributed by atoms with Crippen molar-refractivity contribution in [3.63, 3.8) is 0 Å². The van der Waals surface area contributed by atoms with E-state index in [1.54, 1.807) is 6.20 Å². The van der Waals surface area contributed by atoms with Crippen molar-refractivity contribution in [1.82, 2.24) is 9.97 Å². The molecule has 0 radical (unpaired) electrons. The average molecular weight is 339 g/mol. The van der Waals surface area contributed by atoms with Gasteiger partial charge in [0.2, 0.25) is 0 Å². The number of imidazole rings is 1. The second kappa shape index (κ2) is 7.17. The molecule has 1 aliphatic carbocycles. The van der Waals surface area contributed by atoms with E-state index < -0.39 is 0 Å². The zero-order valence-corrected chi connectivity index (χ0v) is 14.4. The van der Waals surface area contributed by atoms with Crippen LogP contribution >= 0.6 is 0 Å². The van der Waals surface area contributed by atoms with Crippen LogP contribution < -0.4 is 11.1 Å². The van der Waals surface area contributed by atoms with Crippen LogP contribution in [0.25, 0.3) is 0 Å². The molecular weight excluding hydrogens is 314 g/mol. The number of aromatic amines is 1. The summed E-state index contributed by atoms with van der Waals surface area (Å²) in [5.41, 5.74) is 9.07. The molecule has 1 aromatic carbocycles. The monoisotopic (exact) mass is 339 g/mol. The minimum atomic E-state index is 0.0102. The van der Waals surface area contributed by atoms with Crippen LogP contribution in [0.3, 0.4) is 0 Å². The van der Waals surface area contributed by atoms with Gasteiger partial charge < -0.3 is 20.8 Å². The lowest BCUT2D eigenvalue weighted by Crippen LogP contribution is -2.27. The van der Waals surface area contributed by atoms with Gasteiger partial charge in [-0.15, -0.1) is 0 Å². The Kier molecular flexibility index (Phi) is 4.59. The summed E-state index contributed by atoms with van der Waals surface area (Å²) in [5.74, 6) is 1.42. The molecule has 1 fully saturated rings. The van der Waals surface area contributed by atoms with Crippen molar-refractivity contribution in [1.29, 1.82) is 0 Å². The Morgan fingerprint density at radius 3 is 2.80 bits per heavy atom. The fraction of sp³-hybridized carbons (Fsp3) is 0.474. The van der Waals surface area contributed by atoms with Gasteiger partial charge in [0, 0.05) is 29.6 Å². The van der Waals surface area contributed by atoms with Crippen LogP contribution in [0.15, 0.2) is 35.6 Å². The number of nitrogens with zero attached hydrogens (tertiary/aromatic N) is 2. The first-order valence-electron chi connectivity index (χ1n) is 9.16. The molecule has 1 aromatic heterocycles. The number of benzene rings is 1. The van der Waals surface area contributed by atoms with Gasteiger partial charge in [0.05, 0.1) is 12.2 Å². The molecular formula is C19H25N5O. The van der Waals surface area contributed by atoms with E-state index in [1.807, 2.05) is 18.3 Å². The molecule has 2 heterocycles. The first-order valence-corrected chi connectivity index (χ1v) is 9.16. The van der Waals surface area contributed by atoms with Gasteiger partial charge in [-0.1, -0.05) is 25.7 Å². The van der Waals surface area contributed by atoms with Crippen LogP contribution in [0, 0.1) is 5.92 Å². The zero-order valence-electron chi connectivity index (χ0n) is 14.4. The number of amidine groups is 1. The van der Waals surface area contributed by atoms with Gasteiger partial charge in [-0.05, 0) is 31.0 Å². The highest BCUT2D eigenvalue weighted by molar-refractivity contribution is 5.79. The number of hydrogen-bond donors (Lipinski definition) is 3. The molecule has 4 rings (SSSR count). The van der Waals surface area contributed by atoms with Crippen molar-refractivity contribution in [2.24, 2.45) is 16.6 Å². The molecule has 2 aromatic rings. The molecule has 6 nitrogen and oxygen atoms in total. The predicted octanol–water partition coefficient (Wildman–Crippen LogP) is 4.01. The normalized spacial score (nSPS) is 21.0. The number of rotatable bonds is 4. The number of ether oxygens (including phenoxy) is 1. The van der Waals surface area contributed by atoms with Crippen molar-refractivity contribution >= 4 is 17.4 Å². The number of hydrogen-bond acceptors (Lipinski definition) is 5. The van der Waals surface area contributed by atoms with Crippen LogP contribution in [0.5, 0.6) is 0 Å². The van der Waals surface area contributed by atoms with E-state index in [0.717, 1.165) is 22.8 Å². The van der Waals surface area contributed by atoms with E-state index in [1.165, 1.54) is 38.5 Å². The maximum atomic E-state index is 5.99. The Morgan fingerprint density at radius 1 is 1.20 bits per heavy atom. The summed E-state index contributed by atoms with van der Waals surface area (Å²) < 4.78 is 5.99. The Balaban J connectivity index is 1.57. The maximum Gasteiger partial charge on any atom is 0.287 e. The fourth-order valence-corrected chi connectivity index (χ4v) is 3.88. The van der Waals surface area contributed by atoms with E-state index in [-0.39, 0.29) is 12.1 Å². The van der Waals surface area contributed by atoms with Gasteiger partial charge in [0.25, 0.3) is 6.02 Å². The van der Waals surface area contributed by atoms with Crippen LogP contribution in [-0.2, 0) is 11.3 Å². The molecule has 1 unspecified atom stereocenters. The molecule has 1 atom stereocenters. The maximum absolute atomic E-state index is 5.99. The Bertz CT molecular complexity index is 732. The van der Waals surface area contributed by atoms with Gasteiger partial charge in [-0.2, -0.15) is 4.99 Å². The van der Waals surface area contributed by atoms with Crippen molar-refractivity contribution in [2.75, 3.05) is 5.32 Å². The summed E-state index contributed by atoms with van der Waals surface area (Å²) in [6.07, 6.45) is 11.2. The molecule has 6 heteroatoms. The molecule has 1 saturated carbocycles. The van der Waals surface area contributed by atoms with Gasteiger partial charge in [-0.3, -0.25) is 0 Å². The molecule has 4 N–H and O–H groups in total. The topological polar surface area (TPSA) is 88.3 Å². The van der Waals surface area contributed by atoms with Gasteiger partial charge in [-0.25, -0.2) is 4.98 Å².